The maximum Gasteiger partial charge on any atom is 0.310 e. The molecule has 3 nitrogen and oxygen atoms in total. The third kappa shape index (κ3) is 3.44. The summed E-state index contributed by atoms with van der Waals surface area (Å²) in [5.74, 6) is -0.485. The van der Waals surface area contributed by atoms with Crippen LogP contribution < -0.4 is 0 Å². The number of alkyl halides is 2. The maximum absolute atomic E-state index is 12.6. The van der Waals surface area contributed by atoms with Crippen molar-refractivity contribution < 1.29 is 18.3 Å². The van der Waals surface area contributed by atoms with Gasteiger partial charge in [-0.25, -0.2) is 8.78 Å². The van der Waals surface area contributed by atoms with Crippen LogP contribution in [-0.2, 0) is 16.0 Å². The van der Waals surface area contributed by atoms with Gasteiger partial charge in [-0.2, -0.15) is 5.26 Å². The summed E-state index contributed by atoms with van der Waals surface area (Å²) in [6.45, 7) is 1.90. The molecule has 0 bridgehead atoms. The molecule has 1 aromatic carbocycles. The Morgan fingerprint density at radius 2 is 2.22 bits per heavy atom. The van der Waals surface area contributed by atoms with Crippen LogP contribution in [0.15, 0.2) is 17.0 Å². The number of nitriles is 1. The van der Waals surface area contributed by atoms with Crippen molar-refractivity contribution in [1.82, 2.24) is 0 Å². The molecule has 0 N–H and O–H groups in total. The minimum absolute atomic E-state index is 0.0924. The lowest BCUT2D eigenvalue weighted by Crippen LogP contribution is -2.08. The molecule has 6 heteroatoms. The maximum atomic E-state index is 12.6. The van der Waals surface area contributed by atoms with Gasteiger partial charge in [0.2, 0.25) is 0 Å². The number of nitrogens with zero attached hydrogens (tertiary/aromatic N) is 1. The van der Waals surface area contributed by atoms with Gasteiger partial charge in [-0.15, -0.1) is 12.6 Å². The lowest BCUT2D eigenvalue weighted by atomic mass is 10.0. The summed E-state index contributed by atoms with van der Waals surface area (Å²) in [4.78, 5) is 11.5. The van der Waals surface area contributed by atoms with E-state index >= 15 is 0 Å². The normalized spacial score (nSPS) is 10.2. The predicted octanol–water partition coefficient (Wildman–Crippen LogP) is 2.89. The van der Waals surface area contributed by atoms with E-state index in [9.17, 15) is 13.6 Å². The first-order valence-corrected chi connectivity index (χ1v) is 5.64. The first-order chi connectivity index (χ1) is 8.49. The van der Waals surface area contributed by atoms with Gasteiger partial charge < -0.3 is 4.74 Å². The average molecular weight is 271 g/mol. The highest BCUT2D eigenvalue weighted by atomic mass is 32.1. The van der Waals surface area contributed by atoms with Gasteiger partial charge in [0.25, 0.3) is 6.43 Å². The number of carbonyl (C=O) groups excluding carboxylic acids is 1. The summed E-state index contributed by atoms with van der Waals surface area (Å²) in [5, 5.41) is 8.80. The Bertz CT molecular complexity index is 498. The van der Waals surface area contributed by atoms with Gasteiger partial charge in [0, 0.05) is 10.5 Å². The van der Waals surface area contributed by atoms with Crippen molar-refractivity contribution in [2.24, 2.45) is 0 Å². The number of carbonyl (C=O) groups is 1. The molecule has 0 unspecified atom stereocenters. The second kappa shape index (κ2) is 6.36. The zero-order chi connectivity index (χ0) is 13.7. The van der Waals surface area contributed by atoms with Gasteiger partial charge in [0.05, 0.1) is 24.7 Å². The van der Waals surface area contributed by atoms with Gasteiger partial charge in [-0.05, 0) is 24.6 Å². The Labute approximate surface area is 109 Å². The fourth-order valence-corrected chi connectivity index (χ4v) is 1.72. The summed E-state index contributed by atoms with van der Waals surface area (Å²) >= 11 is 4.04. The van der Waals surface area contributed by atoms with Crippen molar-refractivity contribution in [3.8, 4) is 6.07 Å². The first kappa shape index (κ1) is 14.5. The van der Waals surface area contributed by atoms with E-state index in [-0.39, 0.29) is 29.1 Å². The van der Waals surface area contributed by atoms with Gasteiger partial charge in [-0.3, -0.25) is 4.79 Å². The van der Waals surface area contributed by atoms with E-state index in [2.05, 4.69) is 12.6 Å². The highest BCUT2D eigenvalue weighted by Crippen LogP contribution is 2.28. The first-order valence-electron chi connectivity index (χ1n) is 5.19. The number of rotatable bonds is 4. The van der Waals surface area contributed by atoms with Gasteiger partial charge in [0.1, 0.15) is 0 Å². The van der Waals surface area contributed by atoms with Gasteiger partial charge in [0.15, 0.2) is 0 Å². The second-order valence-corrected chi connectivity index (χ2v) is 3.94. The third-order valence-electron chi connectivity index (χ3n) is 2.25. The molecular formula is C12H11F2NO2S. The lowest BCUT2D eigenvalue weighted by Gasteiger charge is -2.09. The van der Waals surface area contributed by atoms with Crippen molar-refractivity contribution in [1.29, 1.82) is 5.26 Å². The van der Waals surface area contributed by atoms with Crippen LogP contribution in [0.2, 0.25) is 0 Å². The average Bonchev–Trinajstić information content (AvgIpc) is 2.31. The fraction of sp³-hybridized carbons (Fsp3) is 0.333. The number of thiol groups is 1. The topological polar surface area (TPSA) is 50.1 Å². The van der Waals surface area contributed by atoms with Crippen LogP contribution >= 0.6 is 12.6 Å². The standard InChI is InChI=1S/C12H11F2NO2S/c1-2-17-11(16)4-7-3-8(6-15)9(12(13)14)5-10(7)18/h3,5,12,18H,2,4H2,1H3. The molecular weight excluding hydrogens is 260 g/mol. The molecule has 0 atom stereocenters. The number of hydrogen-bond acceptors (Lipinski definition) is 4. The molecule has 0 heterocycles. The zero-order valence-corrected chi connectivity index (χ0v) is 10.5. The zero-order valence-electron chi connectivity index (χ0n) is 9.61. The van der Waals surface area contributed by atoms with Crippen LogP contribution in [0.25, 0.3) is 0 Å². The molecule has 96 valence electrons. The summed E-state index contributed by atoms with van der Waals surface area (Å²) in [7, 11) is 0. The van der Waals surface area contributed by atoms with Gasteiger partial charge >= 0.3 is 5.97 Å². The van der Waals surface area contributed by atoms with Crippen LogP contribution in [0, 0.1) is 11.3 Å². The monoisotopic (exact) mass is 271 g/mol. The molecule has 0 aromatic heterocycles. The number of benzene rings is 1. The van der Waals surface area contributed by atoms with Crippen LogP contribution in [-0.4, -0.2) is 12.6 Å². The molecule has 0 spiro atoms. The smallest absolute Gasteiger partial charge is 0.310 e. The molecule has 0 aliphatic rings. The second-order valence-electron chi connectivity index (χ2n) is 3.46. The number of esters is 1. The Kier molecular flexibility index (Phi) is 5.10. The Morgan fingerprint density at radius 1 is 1.56 bits per heavy atom. The molecule has 0 radical (unpaired) electrons. The molecule has 0 amide bonds. The van der Waals surface area contributed by atoms with E-state index in [0.717, 1.165) is 6.07 Å². The molecule has 1 rings (SSSR count). The number of halogens is 2. The summed E-state index contributed by atoms with van der Waals surface area (Å²) in [5.41, 5.74) is -0.130. The van der Waals surface area contributed by atoms with Crippen molar-refractivity contribution in [2.75, 3.05) is 6.61 Å². The molecule has 0 aliphatic carbocycles. The van der Waals surface area contributed by atoms with E-state index in [1.54, 1.807) is 13.0 Å². The summed E-state index contributed by atoms with van der Waals surface area (Å²) in [6, 6.07) is 4.05. The van der Waals surface area contributed by atoms with Crippen LogP contribution in [0.4, 0.5) is 8.78 Å². The minimum atomic E-state index is -2.75. The van der Waals surface area contributed by atoms with E-state index in [4.69, 9.17) is 10.00 Å². The van der Waals surface area contributed by atoms with E-state index < -0.39 is 12.4 Å². The fourth-order valence-electron chi connectivity index (χ4n) is 1.44. The number of hydrogen-bond donors (Lipinski definition) is 1. The highest BCUT2D eigenvalue weighted by Gasteiger charge is 2.17. The Morgan fingerprint density at radius 3 is 2.72 bits per heavy atom. The highest BCUT2D eigenvalue weighted by molar-refractivity contribution is 7.80. The minimum Gasteiger partial charge on any atom is -0.466 e. The van der Waals surface area contributed by atoms with Crippen molar-refractivity contribution in [3.63, 3.8) is 0 Å². The van der Waals surface area contributed by atoms with Crippen LogP contribution in [0.5, 0.6) is 0 Å². The van der Waals surface area contributed by atoms with Crippen molar-refractivity contribution in [3.05, 3.63) is 28.8 Å². The Balaban J connectivity index is 3.09. The van der Waals surface area contributed by atoms with Crippen LogP contribution in [0.3, 0.4) is 0 Å². The largest absolute Gasteiger partial charge is 0.466 e. The Hall–Kier alpha value is -1.61. The van der Waals surface area contributed by atoms with Crippen molar-refractivity contribution >= 4 is 18.6 Å². The molecule has 1 aromatic rings. The molecule has 0 aliphatic heterocycles. The van der Waals surface area contributed by atoms with E-state index in [0.29, 0.717) is 5.56 Å². The molecule has 0 saturated carbocycles. The predicted molar refractivity (Wildman–Crippen MR) is 63.7 cm³/mol. The summed E-state index contributed by atoms with van der Waals surface area (Å²) in [6.07, 6.45) is -2.84. The summed E-state index contributed by atoms with van der Waals surface area (Å²) < 4.78 is 30.0. The molecule has 0 saturated heterocycles. The SMILES string of the molecule is CCOC(=O)Cc1cc(C#N)c(C(F)F)cc1S. The van der Waals surface area contributed by atoms with Gasteiger partial charge in [-0.1, -0.05) is 0 Å². The van der Waals surface area contributed by atoms with Crippen LogP contribution in [0.1, 0.15) is 30.0 Å². The van der Waals surface area contributed by atoms with E-state index in [1.165, 1.54) is 6.07 Å². The third-order valence-corrected chi connectivity index (χ3v) is 2.66. The lowest BCUT2D eigenvalue weighted by molar-refractivity contribution is -0.142. The van der Waals surface area contributed by atoms with Crippen molar-refractivity contribution in [2.45, 2.75) is 24.7 Å². The number of ether oxygens (including phenoxy) is 1. The van der Waals surface area contributed by atoms with E-state index in [1.807, 2.05) is 0 Å². The molecule has 0 fully saturated rings. The molecule has 18 heavy (non-hydrogen) atoms. The quantitative estimate of drug-likeness (QED) is 0.676.